The lowest BCUT2D eigenvalue weighted by atomic mass is 10.2. The van der Waals surface area contributed by atoms with Crippen molar-refractivity contribution in [3.8, 4) is 11.5 Å². The first-order chi connectivity index (χ1) is 8.22. The molecule has 0 unspecified atom stereocenters. The Morgan fingerprint density at radius 3 is 2.65 bits per heavy atom. The van der Waals surface area contributed by atoms with E-state index in [0.29, 0.717) is 17.4 Å². The highest BCUT2D eigenvalue weighted by molar-refractivity contribution is 6.30. The molecule has 0 radical (unpaired) electrons. The fourth-order valence-electron chi connectivity index (χ4n) is 1.53. The van der Waals surface area contributed by atoms with Crippen molar-refractivity contribution in [1.82, 2.24) is 5.32 Å². The van der Waals surface area contributed by atoms with Gasteiger partial charge in [0.1, 0.15) is 0 Å². The maximum absolute atomic E-state index is 6.05. The second-order valence-electron chi connectivity index (χ2n) is 3.73. The van der Waals surface area contributed by atoms with Gasteiger partial charge in [-0.25, -0.2) is 0 Å². The first kappa shape index (κ1) is 14.1. The summed E-state index contributed by atoms with van der Waals surface area (Å²) in [6.07, 6.45) is 0.965. The van der Waals surface area contributed by atoms with Crippen LogP contribution < -0.4 is 14.8 Å². The van der Waals surface area contributed by atoms with Gasteiger partial charge < -0.3 is 14.8 Å². The number of methoxy groups -OCH3 is 1. The Balaban J connectivity index is 2.99. The molecule has 0 atom stereocenters. The summed E-state index contributed by atoms with van der Waals surface area (Å²) in [6, 6.07) is 3.69. The molecule has 0 spiro atoms. The highest BCUT2D eigenvalue weighted by Gasteiger charge is 2.12. The molecule has 0 heterocycles. The van der Waals surface area contributed by atoms with Gasteiger partial charge >= 0.3 is 0 Å². The Kier molecular flexibility index (Phi) is 6.16. The smallest absolute Gasteiger partial charge is 0.165 e. The summed E-state index contributed by atoms with van der Waals surface area (Å²) in [7, 11) is 1.63. The molecule has 0 fully saturated rings. The summed E-state index contributed by atoms with van der Waals surface area (Å²) in [6.45, 7) is 6.45. The molecule has 1 aromatic rings. The molecule has 4 heteroatoms. The lowest BCUT2D eigenvalue weighted by Crippen LogP contribution is -2.13. The van der Waals surface area contributed by atoms with E-state index < -0.39 is 0 Å². The molecule has 0 aliphatic heterocycles. The highest BCUT2D eigenvalue weighted by Crippen LogP contribution is 2.34. The summed E-state index contributed by atoms with van der Waals surface area (Å²) >= 11 is 6.05. The average molecular weight is 258 g/mol. The van der Waals surface area contributed by atoms with E-state index in [-0.39, 0.29) is 0 Å². The summed E-state index contributed by atoms with van der Waals surface area (Å²) in [5.41, 5.74) is 1.03. The van der Waals surface area contributed by atoms with E-state index in [1.165, 1.54) is 0 Å². The molecule has 0 bridgehead atoms. The molecule has 0 aliphatic rings. The molecule has 0 aliphatic carbocycles. The number of hydrogen-bond donors (Lipinski definition) is 1. The van der Waals surface area contributed by atoms with E-state index >= 15 is 0 Å². The van der Waals surface area contributed by atoms with Gasteiger partial charge in [0.25, 0.3) is 0 Å². The third-order valence-corrected chi connectivity index (χ3v) is 2.55. The van der Waals surface area contributed by atoms with Gasteiger partial charge in [0, 0.05) is 23.2 Å². The van der Waals surface area contributed by atoms with E-state index in [0.717, 1.165) is 30.8 Å². The zero-order chi connectivity index (χ0) is 12.7. The van der Waals surface area contributed by atoms with Crippen molar-refractivity contribution < 1.29 is 9.47 Å². The van der Waals surface area contributed by atoms with E-state index in [9.17, 15) is 0 Å². The van der Waals surface area contributed by atoms with Crippen LogP contribution in [0.4, 0.5) is 0 Å². The molecule has 3 nitrogen and oxygen atoms in total. The summed E-state index contributed by atoms with van der Waals surface area (Å²) in [4.78, 5) is 0. The standard InChI is InChI=1S/C13H20ClNO2/c1-4-6-17-13-10(9-15-5-2)7-11(14)8-12(13)16-3/h7-8,15H,4-6,9H2,1-3H3. The van der Waals surface area contributed by atoms with Crippen LogP contribution in [0.25, 0.3) is 0 Å². The Bertz CT molecular complexity index is 356. The second kappa shape index (κ2) is 7.41. The van der Waals surface area contributed by atoms with E-state index in [1.807, 2.05) is 6.07 Å². The summed E-state index contributed by atoms with van der Waals surface area (Å²) < 4.78 is 11.0. The molecule has 0 amide bonds. The summed E-state index contributed by atoms with van der Waals surface area (Å²) in [5, 5.41) is 3.93. The van der Waals surface area contributed by atoms with Crippen molar-refractivity contribution in [3.63, 3.8) is 0 Å². The first-order valence-electron chi connectivity index (χ1n) is 5.92. The highest BCUT2D eigenvalue weighted by atomic mass is 35.5. The molecule has 1 N–H and O–H groups in total. The lowest BCUT2D eigenvalue weighted by Gasteiger charge is -2.15. The van der Waals surface area contributed by atoms with Gasteiger partial charge in [-0.3, -0.25) is 0 Å². The quantitative estimate of drug-likeness (QED) is 0.813. The van der Waals surface area contributed by atoms with Crippen LogP contribution in [-0.4, -0.2) is 20.3 Å². The number of benzene rings is 1. The second-order valence-corrected chi connectivity index (χ2v) is 4.16. The lowest BCUT2D eigenvalue weighted by molar-refractivity contribution is 0.290. The van der Waals surface area contributed by atoms with Gasteiger partial charge in [-0.15, -0.1) is 0 Å². The van der Waals surface area contributed by atoms with E-state index in [2.05, 4.69) is 19.2 Å². The number of nitrogens with one attached hydrogen (secondary N) is 1. The third kappa shape index (κ3) is 4.10. The van der Waals surface area contributed by atoms with Crippen LogP contribution >= 0.6 is 11.6 Å². The zero-order valence-electron chi connectivity index (χ0n) is 10.7. The van der Waals surface area contributed by atoms with Crippen LogP contribution in [0, 0.1) is 0 Å². The van der Waals surface area contributed by atoms with E-state index in [4.69, 9.17) is 21.1 Å². The largest absolute Gasteiger partial charge is 0.493 e. The van der Waals surface area contributed by atoms with Crippen LogP contribution in [0.2, 0.25) is 5.02 Å². The van der Waals surface area contributed by atoms with Gasteiger partial charge in [-0.05, 0) is 19.0 Å². The number of hydrogen-bond acceptors (Lipinski definition) is 3. The van der Waals surface area contributed by atoms with E-state index in [1.54, 1.807) is 13.2 Å². The first-order valence-corrected chi connectivity index (χ1v) is 6.30. The predicted molar refractivity (Wildman–Crippen MR) is 71.2 cm³/mol. The minimum atomic E-state index is 0.665. The molecule has 17 heavy (non-hydrogen) atoms. The van der Waals surface area contributed by atoms with Crippen molar-refractivity contribution >= 4 is 11.6 Å². The van der Waals surface area contributed by atoms with Crippen molar-refractivity contribution in [2.45, 2.75) is 26.8 Å². The number of ether oxygens (including phenoxy) is 2. The molecule has 0 aromatic heterocycles. The maximum Gasteiger partial charge on any atom is 0.165 e. The Labute approximate surface area is 108 Å². The molecule has 96 valence electrons. The number of halogens is 1. The van der Waals surface area contributed by atoms with Gasteiger partial charge in [-0.2, -0.15) is 0 Å². The topological polar surface area (TPSA) is 30.5 Å². The van der Waals surface area contributed by atoms with Gasteiger partial charge in [0.05, 0.1) is 13.7 Å². The maximum atomic E-state index is 6.05. The summed E-state index contributed by atoms with van der Waals surface area (Å²) in [5.74, 6) is 1.48. The Morgan fingerprint density at radius 2 is 2.06 bits per heavy atom. The number of rotatable bonds is 7. The average Bonchev–Trinajstić information content (AvgIpc) is 2.34. The predicted octanol–water partition coefficient (Wildman–Crippen LogP) is 3.25. The van der Waals surface area contributed by atoms with Crippen LogP contribution in [0.5, 0.6) is 11.5 Å². The van der Waals surface area contributed by atoms with Crippen molar-refractivity contribution in [3.05, 3.63) is 22.7 Å². The monoisotopic (exact) mass is 257 g/mol. The van der Waals surface area contributed by atoms with Gasteiger partial charge in [0.15, 0.2) is 11.5 Å². The van der Waals surface area contributed by atoms with Crippen LogP contribution in [0.15, 0.2) is 12.1 Å². The minimum Gasteiger partial charge on any atom is -0.493 e. The van der Waals surface area contributed by atoms with Crippen LogP contribution in [0.1, 0.15) is 25.8 Å². The minimum absolute atomic E-state index is 0.665. The third-order valence-electron chi connectivity index (χ3n) is 2.33. The van der Waals surface area contributed by atoms with Crippen LogP contribution in [-0.2, 0) is 6.54 Å². The fraction of sp³-hybridized carbons (Fsp3) is 0.538. The SMILES string of the molecule is CCCOc1c(CNCC)cc(Cl)cc1OC. The molecule has 0 saturated carbocycles. The molecular formula is C13H20ClNO2. The Hall–Kier alpha value is -0.930. The molecule has 0 saturated heterocycles. The Morgan fingerprint density at radius 1 is 1.29 bits per heavy atom. The van der Waals surface area contributed by atoms with Crippen molar-refractivity contribution in [2.75, 3.05) is 20.3 Å². The van der Waals surface area contributed by atoms with Gasteiger partial charge in [0.2, 0.25) is 0 Å². The molecular weight excluding hydrogens is 238 g/mol. The van der Waals surface area contributed by atoms with Crippen molar-refractivity contribution in [1.29, 1.82) is 0 Å². The normalized spacial score (nSPS) is 10.4. The fourth-order valence-corrected chi connectivity index (χ4v) is 1.76. The molecule has 1 aromatic carbocycles. The van der Waals surface area contributed by atoms with Crippen molar-refractivity contribution in [2.24, 2.45) is 0 Å². The van der Waals surface area contributed by atoms with Gasteiger partial charge in [-0.1, -0.05) is 25.4 Å². The molecule has 1 rings (SSSR count). The zero-order valence-corrected chi connectivity index (χ0v) is 11.4. The van der Waals surface area contributed by atoms with Crippen LogP contribution in [0.3, 0.4) is 0 Å².